The molecular formula is C46H61N6O10S+. The van der Waals surface area contributed by atoms with Gasteiger partial charge in [-0.2, -0.15) is 8.42 Å². The minimum Gasteiger partial charge on any atom is -0.481 e. The maximum Gasteiger partial charge on any atom is 0.303 e. The number of aliphatic carboxylic acids is 1. The van der Waals surface area contributed by atoms with Crippen LogP contribution in [-0.4, -0.2) is 128 Å². The van der Waals surface area contributed by atoms with Crippen LogP contribution in [0.1, 0.15) is 83.0 Å². The summed E-state index contributed by atoms with van der Waals surface area (Å²) in [4.78, 5) is 69.3. The van der Waals surface area contributed by atoms with Gasteiger partial charge in [0.2, 0.25) is 23.1 Å². The van der Waals surface area contributed by atoms with Crippen molar-refractivity contribution in [3.05, 3.63) is 71.6 Å². The Bertz CT molecular complexity index is 2420. The quantitative estimate of drug-likeness (QED) is 0.0398. The Hall–Kier alpha value is -5.81. The molecule has 17 heteroatoms. The number of carbonyl (C=O) groups is 5. The largest absolute Gasteiger partial charge is 0.481 e. The zero-order valence-electron chi connectivity index (χ0n) is 36.7. The number of piperazine rings is 1. The van der Waals surface area contributed by atoms with Gasteiger partial charge >= 0.3 is 5.97 Å². The summed E-state index contributed by atoms with van der Waals surface area (Å²) in [6.45, 7) is 13.3. The van der Waals surface area contributed by atoms with E-state index in [4.69, 9.17) is 9.52 Å². The van der Waals surface area contributed by atoms with E-state index in [1.807, 2.05) is 24.3 Å². The molecule has 1 unspecified atom stereocenters. The van der Waals surface area contributed by atoms with Gasteiger partial charge in [-0.3, -0.25) is 28.5 Å². The topological polar surface area (TPSA) is 210 Å². The molecule has 1 saturated heterocycles. The summed E-state index contributed by atoms with van der Waals surface area (Å²) in [6.07, 6.45) is 1.24. The first-order valence-corrected chi connectivity index (χ1v) is 23.5. The van der Waals surface area contributed by atoms with Gasteiger partial charge in [0, 0.05) is 105 Å². The molecule has 2 aromatic carbocycles. The molecule has 3 aliphatic rings. The SMILES string of the molecule is CCN(CC)c1ccc2c(-c3ccccc3C(=O)N3CCN(C(=O)CCCCC(=O)NC(CS(=O)(=O)O)C(=O)NCCCCC(=O)O)CC3)c3ccc(=[N+](CC)CC)cc-3oc2c1. The molecule has 1 aliphatic carbocycles. The van der Waals surface area contributed by atoms with Crippen molar-refractivity contribution in [2.24, 2.45) is 0 Å². The number of fused-ring (bicyclic) bond motifs is 2. The number of anilines is 1. The maximum absolute atomic E-state index is 14.4. The van der Waals surface area contributed by atoms with Crippen molar-refractivity contribution in [2.45, 2.75) is 78.7 Å². The summed E-state index contributed by atoms with van der Waals surface area (Å²) in [6, 6.07) is 18.6. The number of amides is 4. The zero-order valence-corrected chi connectivity index (χ0v) is 37.5. The Balaban J connectivity index is 1.23. The van der Waals surface area contributed by atoms with Crippen molar-refractivity contribution in [1.82, 2.24) is 25.0 Å². The number of benzene rings is 3. The molecule has 0 spiro atoms. The van der Waals surface area contributed by atoms with Crippen LogP contribution in [0.25, 0.3) is 33.4 Å². The molecule has 0 saturated carbocycles. The first kappa shape index (κ1) is 48.2. The number of carboxylic acid groups (broad SMARTS) is 1. The molecule has 340 valence electrons. The van der Waals surface area contributed by atoms with E-state index in [9.17, 15) is 36.9 Å². The molecule has 5 rings (SSSR count). The Morgan fingerprint density at radius 2 is 1.48 bits per heavy atom. The van der Waals surface area contributed by atoms with E-state index in [-0.39, 0.29) is 44.0 Å². The highest BCUT2D eigenvalue weighted by atomic mass is 32.2. The third kappa shape index (κ3) is 12.9. The standard InChI is InChI=1S/C46H60N6O10S/c1-5-49(6-2)32-20-22-36-39(29-32)62-40-30-33(50(7-3)8-4)21-23-37(40)44(36)34-15-9-10-16-35(34)46(58)52-27-25-51(26-28-52)42(54)18-12-11-17-41(53)48-38(31-63(59,60)61)45(57)47-24-14-13-19-43(55)56/h9-10,15-16,20-23,29-30,38H,5-8,11-14,17-19,24-28,31H2,1-4H3,(H3-,47,48,53,55,56,57,59,60,61)/p+1. The van der Waals surface area contributed by atoms with Gasteiger partial charge in [-0.05, 0) is 83.2 Å². The van der Waals surface area contributed by atoms with Crippen LogP contribution >= 0.6 is 0 Å². The molecule has 1 fully saturated rings. The first-order chi connectivity index (χ1) is 30.2. The van der Waals surface area contributed by atoms with Gasteiger partial charge in [-0.1, -0.05) is 18.2 Å². The number of carbonyl (C=O) groups excluding carboxylic acids is 4. The second-order valence-corrected chi connectivity index (χ2v) is 17.1. The van der Waals surface area contributed by atoms with Gasteiger partial charge < -0.3 is 34.9 Å². The van der Waals surface area contributed by atoms with Crippen molar-refractivity contribution >= 4 is 56.4 Å². The lowest BCUT2D eigenvalue weighted by Gasteiger charge is -2.35. The van der Waals surface area contributed by atoms with E-state index in [1.54, 1.807) is 9.80 Å². The lowest BCUT2D eigenvalue weighted by molar-refractivity contribution is -0.137. The summed E-state index contributed by atoms with van der Waals surface area (Å²) in [7, 11) is -4.61. The Labute approximate surface area is 369 Å². The minimum atomic E-state index is -4.61. The molecule has 2 aromatic rings. The van der Waals surface area contributed by atoms with Crippen LogP contribution in [0.5, 0.6) is 0 Å². The van der Waals surface area contributed by atoms with Crippen molar-refractivity contribution in [1.29, 1.82) is 0 Å². The number of nitrogens with one attached hydrogen (secondary N) is 2. The summed E-state index contributed by atoms with van der Waals surface area (Å²) >= 11 is 0. The number of rotatable bonds is 21. The zero-order chi connectivity index (χ0) is 45.7. The highest BCUT2D eigenvalue weighted by Gasteiger charge is 2.29. The molecule has 1 atom stereocenters. The van der Waals surface area contributed by atoms with Crippen LogP contribution in [0.15, 0.2) is 65.1 Å². The van der Waals surface area contributed by atoms with E-state index in [0.717, 1.165) is 70.6 Å². The molecule has 4 N–H and O–H groups in total. The summed E-state index contributed by atoms with van der Waals surface area (Å²) < 4.78 is 41.3. The fraction of sp³-hybridized carbons (Fsp3) is 0.478. The van der Waals surface area contributed by atoms with Gasteiger partial charge in [-0.15, -0.1) is 0 Å². The lowest BCUT2D eigenvalue weighted by Crippen LogP contribution is -2.50. The second-order valence-electron chi connectivity index (χ2n) is 15.6. The van der Waals surface area contributed by atoms with Crippen LogP contribution < -0.4 is 25.5 Å². The lowest BCUT2D eigenvalue weighted by atomic mass is 9.90. The summed E-state index contributed by atoms with van der Waals surface area (Å²) in [5.74, 6) is -2.97. The van der Waals surface area contributed by atoms with E-state index in [0.29, 0.717) is 51.0 Å². The molecule has 0 radical (unpaired) electrons. The third-order valence-electron chi connectivity index (χ3n) is 11.5. The maximum atomic E-state index is 14.4. The van der Waals surface area contributed by atoms with Crippen LogP contribution in [-0.2, 0) is 29.3 Å². The van der Waals surface area contributed by atoms with Crippen LogP contribution in [0, 0.1) is 0 Å². The van der Waals surface area contributed by atoms with Crippen molar-refractivity contribution in [2.75, 3.05) is 69.6 Å². The van der Waals surface area contributed by atoms with E-state index in [1.165, 1.54) is 0 Å². The molecule has 0 bridgehead atoms. The van der Waals surface area contributed by atoms with Gasteiger partial charge in [0.1, 0.15) is 36.2 Å². The number of hydrogen-bond donors (Lipinski definition) is 4. The number of carboxylic acids is 1. The average Bonchev–Trinajstić information content (AvgIpc) is 3.26. The van der Waals surface area contributed by atoms with Crippen molar-refractivity contribution in [3.8, 4) is 22.5 Å². The molecule has 0 aromatic heterocycles. The first-order valence-electron chi connectivity index (χ1n) is 21.9. The van der Waals surface area contributed by atoms with Crippen molar-refractivity contribution < 1.29 is 46.5 Å². The fourth-order valence-corrected chi connectivity index (χ4v) is 8.72. The van der Waals surface area contributed by atoms with Gasteiger partial charge in [0.15, 0.2) is 0 Å². The highest BCUT2D eigenvalue weighted by Crippen LogP contribution is 2.42. The predicted octanol–water partition coefficient (Wildman–Crippen LogP) is 4.45. The highest BCUT2D eigenvalue weighted by molar-refractivity contribution is 7.85. The van der Waals surface area contributed by atoms with Crippen LogP contribution in [0.4, 0.5) is 5.69 Å². The summed E-state index contributed by atoms with van der Waals surface area (Å²) in [5.41, 5.74) is 4.93. The second kappa shape index (κ2) is 22.5. The number of nitrogens with zero attached hydrogens (tertiary/aromatic N) is 4. The van der Waals surface area contributed by atoms with Crippen molar-refractivity contribution in [3.63, 3.8) is 0 Å². The minimum absolute atomic E-state index is 0.0672. The van der Waals surface area contributed by atoms with Crippen LogP contribution in [0.2, 0.25) is 0 Å². The number of unbranched alkanes of at least 4 members (excludes halogenated alkanes) is 2. The molecule has 16 nitrogen and oxygen atoms in total. The monoisotopic (exact) mass is 889 g/mol. The average molecular weight is 890 g/mol. The van der Waals surface area contributed by atoms with E-state index in [2.05, 4.69) is 84.2 Å². The van der Waals surface area contributed by atoms with Crippen LogP contribution in [0.3, 0.4) is 0 Å². The molecule has 4 amide bonds. The molecule has 63 heavy (non-hydrogen) atoms. The number of hydrogen-bond acceptors (Lipinski definition) is 9. The molecule has 2 aliphatic heterocycles. The van der Waals surface area contributed by atoms with E-state index < -0.39 is 39.7 Å². The third-order valence-corrected chi connectivity index (χ3v) is 12.2. The Morgan fingerprint density at radius 1 is 0.810 bits per heavy atom. The van der Waals surface area contributed by atoms with Gasteiger partial charge in [-0.25, -0.2) is 4.58 Å². The predicted molar refractivity (Wildman–Crippen MR) is 242 cm³/mol. The van der Waals surface area contributed by atoms with E-state index >= 15 is 0 Å². The smallest absolute Gasteiger partial charge is 0.303 e. The molecular weight excluding hydrogens is 829 g/mol. The Morgan fingerprint density at radius 3 is 2.14 bits per heavy atom. The van der Waals surface area contributed by atoms with Gasteiger partial charge in [0.05, 0.1) is 6.07 Å². The fourth-order valence-electron chi connectivity index (χ4n) is 8.06. The Kier molecular flexibility index (Phi) is 17.2. The van der Waals surface area contributed by atoms with Gasteiger partial charge in [0.25, 0.3) is 16.0 Å². The summed E-state index contributed by atoms with van der Waals surface area (Å²) in [5, 5.41) is 15.5. The normalized spacial score (nSPS) is 13.5. The molecule has 2 heterocycles.